The van der Waals surface area contributed by atoms with Crippen LogP contribution in [0, 0.1) is 0 Å². The van der Waals surface area contributed by atoms with Crippen LogP contribution in [0.15, 0.2) is 140 Å². The maximum absolute atomic E-state index is 11.9. The van der Waals surface area contributed by atoms with E-state index in [1.165, 1.54) is 16.7 Å². The summed E-state index contributed by atoms with van der Waals surface area (Å²) < 4.78 is 7.86. The van der Waals surface area contributed by atoms with Crippen molar-refractivity contribution in [2.75, 3.05) is 19.8 Å². The van der Waals surface area contributed by atoms with Crippen LogP contribution in [0.1, 0.15) is 130 Å². The van der Waals surface area contributed by atoms with Crippen LogP contribution in [-0.2, 0) is 10.1 Å². The lowest BCUT2D eigenvalue weighted by Gasteiger charge is -2.37. The molecule has 0 saturated heterocycles. The zero-order valence-electron chi connectivity index (χ0n) is 34.8. The summed E-state index contributed by atoms with van der Waals surface area (Å²) in [7, 11) is -2.23. The molecular weight excluding hydrogens is 727 g/mol. The van der Waals surface area contributed by atoms with Crippen LogP contribution >= 0.6 is 0 Å². The molecule has 58 heavy (non-hydrogen) atoms. The zero-order valence-corrected chi connectivity index (χ0v) is 34.8. The van der Waals surface area contributed by atoms with E-state index >= 15 is 0 Å². The third kappa shape index (κ3) is 15.3. The SMILES string of the molecule is CCCCCC(=O)c1cccc[n+]1OCC.CCCCCC(=O)c1cccc[n+]1OCC.[O-]B([O-])OCCCC(c1ccccc1)(c1ccccc1)c1ccccc1. The summed E-state index contributed by atoms with van der Waals surface area (Å²) in [6.45, 7) is 9.36. The smallest absolute Gasteiger partial charge is 0.300 e. The largest absolute Gasteiger partial charge is 0.871 e. The first-order chi connectivity index (χ1) is 28.3. The molecule has 5 aromatic rings. The molecule has 0 saturated carbocycles. The van der Waals surface area contributed by atoms with Crippen LogP contribution in [0.2, 0.25) is 0 Å². The van der Waals surface area contributed by atoms with Gasteiger partial charge in [-0.2, -0.15) is 0 Å². The number of benzene rings is 3. The average molecular weight is 789 g/mol. The maximum Gasteiger partial charge on any atom is 0.300 e. The van der Waals surface area contributed by atoms with E-state index in [1.54, 1.807) is 21.9 Å². The number of carbonyl (C=O) groups is 2. The van der Waals surface area contributed by atoms with Crippen LogP contribution in [-0.4, -0.2) is 38.7 Å². The summed E-state index contributed by atoms with van der Waals surface area (Å²) >= 11 is 0. The molecular formula is C48H61BN2O7. The van der Waals surface area contributed by atoms with Crippen molar-refractivity contribution in [2.24, 2.45) is 0 Å². The molecule has 10 heteroatoms. The third-order valence-electron chi connectivity index (χ3n) is 9.52. The number of rotatable bonds is 22. The summed E-state index contributed by atoms with van der Waals surface area (Å²) in [5.74, 6) is 0.310. The molecule has 0 aliphatic rings. The first kappa shape index (κ1) is 47.2. The summed E-state index contributed by atoms with van der Waals surface area (Å²) in [6, 6.07) is 42.1. The Balaban J connectivity index is 0.000000246. The topological polar surface area (TPSA) is 116 Å². The monoisotopic (exact) mass is 788 g/mol. The van der Waals surface area contributed by atoms with Crippen molar-refractivity contribution in [3.63, 3.8) is 0 Å². The van der Waals surface area contributed by atoms with Crippen molar-refractivity contribution in [1.29, 1.82) is 0 Å². The fourth-order valence-electron chi connectivity index (χ4n) is 6.74. The number of carbonyl (C=O) groups excluding carboxylic acids is 2. The Morgan fingerprint density at radius 2 is 0.914 bits per heavy atom. The minimum Gasteiger partial charge on any atom is -0.871 e. The van der Waals surface area contributed by atoms with E-state index in [1.807, 2.05) is 105 Å². The molecule has 0 bridgehead atoms. The molecule has 0 aliphatic heterocycles. The van der Waals surface area contributed by atoms with Gasteiger partial charge in [-0.3, -0.25) is 19.3 Å². The van der Waals surface area contributed by atoms with Gasteiger partial charge in [0.1, 0.15) is 0 Å². The van der Waals surface area contributed by atoms with Crippen molar-refractivity contribution in [3.05, 3.63) is 168 Å². The van der Waals surface area contributed by atoms with Gasteiger partial charge in [0.05, 0.1) is 7.32 Å². The fraction of sp³-hybridized carbons (Fsp3) is 0.375. The Morgan fingerprint density at radius 1 is 0.534 bits per heavy atom. The number of nitrogens with zero attached hydrogens (tertiary/aromatic N) is 2. The first-order valence-corrected chi connectivity index (χ1v) is 20.8. The van der Waals surface area contributed by atoms with Gasteiger partial charge < -0.3 is 14.7 Å². The Hall–Kier alpha value is -5.16. The second-order valence-electron chi connectivity index (χ2n) is 13.7. The number of pyridine rings is 2. The van der Waals surface area contributed by atoms with Crippen molar-refractivity contribution >= 4 is 18.9 Å². The Morgan fingerprint density at radius 3 is 1.26 bits per heavy atom. The van der Waals surface area contributed by atoms with Gasteiger partial charge >= 0.3 is 0 Å². The van der Waals surface area contributed by atoms with Gasteiger partial charge in [-0.1, -0.05) is 131 Å². The maximum atomic E-state index is 11.9. The molecule has 0 fully saturated rings. The molecule has 2 aromatic heterocycles. The molecule has 0 atom stereocenters. The zero-order chi connectivity index (χ0) is 41.9. The predicted molar refractivity (Wildman–Crippen MR) is 225 cm³/mol. The van der Waals surface area contributed by atoms with Crippen LogP contribution in [0.5, 0.6) is 0 Å². The molecule has 0 unspecified atom stereocenters. The van der Waals surface area contributed by atoms with Crippen molar-refractivity contribution < 1.29 is 43.4 Å². The number of hydrogen-bond acceptors (Lipinski definition) is 7. The minimum atomic E-state index is -2.23. The lowest BCUT2D eigenvalue weighted by atomic mass is 9.67. The second-order valence-corrected chi connectivity index (χ2v) is 13.7. The number of Topliss-reactive ketones (excluding diaryl/α,β-unsaturated/α-hetero) is 2. The van der Waals surface area contributed by atoms with Gasteiger partial charge in [0.15, 0.2) is 13.2 Å². The highest BCUT2D eigenvalue weighted by molar-refractivity contribution is 6.28. The molecule has 9 nitrogen and oxygen atoms in total. The predicted octanol–water partition coefficient (Wildman–Crippen LogP) is 6.89. The van der Waals surface area contributed by atoms with Crippen LogP contribution in [0.3, 0.4) is 0 Å². The standard InChI is InChI=1S/C22H21BO3.2C13H20NO2/c24-23(25)26-18-10-17-22(19-11-4-1-5-12-19,20-13-6-2-7-14-20)21-15-8-3-9-16-21;2*1-3-5-6-10-13(15)12-9-7-8-11-14(12)16-4-2/h1-9,11-16H,10,17-18H2;2*7-9,11H,3-6,10H2,1-2H3/q-2;2*+1. The van der Waals surface area contributed by atoms with Crippen LogP contribution in [0.4, 0.5) is 0 Å². The van der Waals surface area contributed by atoms with E-state index in [9.17, 15) is 19.6 Å². The van der Waals surface area contributed by atoms with E-state index in [4.69, 9.17) is 14.3 Å². The molecule has 0 amide bonds. The van der Waals surface area contributed by atoms with Crippen molar-refractivity contribution in [3.8, 4) is 0 Å². The third-order valence-corrected chi connectivity index (χ3v) is 9.52. The highest BCUT2D eigenvalue weighted by Crippen LogP contribution is 2.43. The second kappa shape index (κ2) is 27.5. The summed E-state index contributed by atoms with van der Waals surface area (Å²) in [5, 5.41) is 21.4. The van der Waals surface area contributed by atoms with Gasteiger partial charge in [-0.15, -0.1) is 0 Å². The average Bonchev–Trinajstić information content (AvgIpc) is 3.26. The quantitative estimate of drug-likeness (QED) is 0.0247. The molecule has 0 aliphatic carbocycles. The van der Waals surface area contributed by atoms with Gasteiger partial charge in [0.2, 0.25) is 24.0 Å². The van der Waals surface area contributed by atoms with Gasteiger partial charge in [0, 0.05) is 58.6 Å². The van der Waals surface area contributed by atoms with Crippen molar-refractivity contribution in [2.45, 2.75) is 97.3 Å². The fourth-order valence-corrected chi connectivity index (χ4v) is 6.74. The lowest BCUT2D eigenvalue weighted by Crippen LogP contribution is -2.48. The highest BCUT2D eigenvalue weighted by Gasteiger charge is 2.35. The molecule has 0 radical (unpaired) electrons. The highest BCUT2D eigenvalue weighted by atomic mass is 16.7. The Bertz CT molecular complexity index is 1700. The van der Waals surface area contributed by atoms with Gasteiger partial charge in [-0.25, -0.2) is 0 Å². The van der Waals surface area contributed by atoms with Crippen molar-refractivity contribution in [1.82, 2.24) is 0 Å². The van der Waals surface area contributed by atoms with E-state index in [0.717, 1.165) is 44.9 Å². The summed E-state index contributed by atoms with van der Waals surface area (Å²) in [5.41, 5.74) is 4.45. The number of ketones is 2. The normalized spacial score (nSPS) is 10.7. The molecule has 308 valence electrons. The summed E-state index contributed by atoms with van der Waals surface area (Å²) in [6.07, 6.45) is 12.5. The van der Waals surface area contributed by atoms with Crippen LogP contribution in [0.25, 0.3) is 0 Å². The van der Waals surface area contributed by atoms with E-state index < -0.39 is 7.32 Å². The van der Waals surface area contributed by atoms with Gasteiger partial charge in [-0.05, 0) is 68.4 Å². The molecule has 0 N–H and O–H groups in total. The van der Waals surface area contributed by atoms with E-state index in [-0.39, 0.29) is 23.6 Å². The molecule has 0 spiro atoms. The van der Waals surface area contributed by atoms with E-state index in [2.05, 4.69) is 50.2 Å². The van der Waals surface area contributed by atoms with Gasteiger partial charge in [0.25, 0.3) is 11.4 Å². The number of hydrogen-bond donors (Lipinski definition) is 0. The summed E-state index contributed by atoms with van der Waals surface area (Å²) in [4.78, 5) is 34.5. The minimum absolute atomic E-state index is 0.155. The molecule has 3 aromatic carbocycles. The Kier molecular flexibility index (Phi) is 22.4. The lowest BCUT2D eigenvalue weighted by molar-refractivity contribution is -0.892. The van der Waals surface area contributed by atoms with Crippen LogP contribution < -0.4 is 29.2 Å². The number of aromatic nitrogens is 2. The van der Waals surface area contributed by atoms with E-state index in [0.29, 0.717) is 43.9 Å². The first-order valence-electron chi connectivity index (χ1n) is 20.8. The Labute approximate surface area is 346 Å². The molecule has 5 rings (SSSR count). The molecule has 2 heterocycles. The number of unbranched alkanes of at least 4 members (excludes halogenated alkanes) is 4.